The van der Waals surface area contributed by atoms with E-state index < -0.39 is 12.2 Å². The lowest BCUT2D eigenvalue weighted by molar-refractivity contribution is 0.0866. The highest BCUT2D eigenvalue weighted by atomic mass is 19.1. The summed E-state index contributed by atoms with van der Waals surface area (Å²) in [7, 11) is 0. The Morgan fingerprint density at radius 2 is 1.91 bits per heavy atom. The average Bonchev–Trinajstić information content (AvgIpc) is 2.08. The molecule has 0 heterocycles. The number of alkyl halides is 1. The third-order valence-corrected chi connectivity index (χ3v) is 1.88. The van der Waals surface area contributed by atoms with Crippen LogP contribution in [-0.4, -0.2) is 42.2 Å². The van der Waals surface area contributed by atoms with Crippen molar-refractivity contribution in [2.45, 2.75) is 18.9 Å². The zero-order valence-electron chi connectivity index (χ0n) is 6.81. The van der Waals surface area contributed by atoms with Crippen molar-refractivity contribution in [2.75, 3.05) is 26.4 Å². The lowest BCUT2D eigenvalue weighted by Gasteiger charge is -2.29. The molecule has 0 aliphatic heterocycles. The number of hydrogen-bond acceptors (Lipinski definition) is 3. The number of rotatable bonds is 6. The van der Waals surface area contributed by atoms with Crippen molar-refractivity contribution in [1.82, 2.24) is 5.32 Å². The number of hydrogen-bond donors (Lipinski definition) is 3. The first-order valence-corrected chi connectivity index (χ1v) is 3.77. The second-order valence-corrected chi connectivity index (χ2v) is 2.57. The summed E-state index contributed by atoms with van der Waals surface area (Å²) in [5.74, 6) is 0. The van der Waals surface area contributed by atoms with Gasteiger partial charge in [-0.15, -0.1) is 0 Å². The third-order valence-electron chi connectivity index (χ3n) is 1.88. The molecule has 11 heavy (non-hydrogen) atoms. The second kappa shape index (κ2) is 5.46. The molecule has 0 fully saturated rings. The van der Waals surface area contributed by atoms with Gasteiger partial charge in [0.15, 0.2) is 0 Å². The number of aliphatic hydroxyl groups is 2. The summed E-state index contributed by atoms with van der Waals surface area (Å²) in [5, 5.41) is 20.5. The van der Waals surface area contributed by atoms with Crippen LogP contribution < -0.4 is 5.32 Å². The van der Waals surface area contributed by atoms with Crippen molar-refractivity contribution in [1.29, 1.82) is 0 Å². The molecule has 0 radical (unpaired) electrons. The lowest BCUT2D eigenvalue weighted by atomic mass is 9.99. The highest BCUT2D eigenvalue weighted by molar-refractivity contribution is 4.84. The van der Waals surface area contributed by atoms with Crippen LogP contribution in [0, 0.1) is 0 Å². The summed E-state index contributed by atoms with van der Waals surface area (Å²) in [4.78, 5) is 0. The molecule has 0 aromatic carbocycles. The second-order valence-electron chi connectivity index (χ2n) is 2.57. The zero-order valence-corrected chi connectivity index (χ0v) is 6.81. The molecule has 0 aliphatic rings. The molecule has 0 unspecified atom stereocenters. The molecule has 3 N–H and O–H groups in total. The van der Waals surface area contributed by atoms with Gasteiger partial charge in [0.1, 0.15) is 6.67 Å². The fraction of sp³-hybridized carbons (Fsp3) is 1.00. The van der Waals surface area contributed by atoms with E-state index in [1.165, 1.54) is 0 Å². The standard InChI is InChI=1S/C7H16FNO2/c1-2-7(5-10,6-11)9-4-3-8/h9-11H,2-6H2,1H3. The van der Waals surface area contributed by atoms with E-state index in [1.54, 1.807) is 0 Å². The molecule has 0 spiro atoms. The van der Waals surface area contributed by atoms with Crippen molar-refractivity contribution in [3.8, 4) is 0 Å². The van der Waals surface area contributed by atoms with E-state index in [0.29, 0.717) is 6.42 Å². The molecule has 0 rings (SSSR count). The molecule has 0 aromatic heterocycles. The van der Waals surface area contributed by atoms with Gasteiger partial charge in [-0.25, -0.2) is 4.39 Å². The molecule has 68 valence electrons. The van der Waals surface area contributed by atoms with Crippen LogP contribution in [0.5, 0.6) is 0 Å². The fourth-order valence-corrected chi connectivity index (χ4v) is 0.823. The Balaban J connectivity index is 3.84. The van der Waals surface area contributed by atoms with Gasteiger partial charge in [-0.2, -0.15) is 0 Å². The quantitative estimate of drug-likeness (QED) is 0.505. The van der Waals surface area contributed by atoms with E-state index in [0.717, 1.165) is 0 Å². The molecule has 0 saturated carbocycles. The van der Waals surface area contributed by atoms with Crippen LogP contribution in [0.25, 0.3) is 0 Å². The number of aliphatic hydroxyl groups excluding tert-OH is 2. The Morgan fingerprint density at radius 1 is 1.36 bits per heavy atom. The summed E-state index contributed by atoms with van der Waals surface area (Å²) < 4.78 is 11.7. The van der Waals surface area contributed by atoms with Gasteiger partial charge in [0, 0.05) is 6.54 Å². The maximum atomic E-state index is 11.7. The highest BCUT2D eigenvalue weighted by Gasteiger charge is 2.24. The zero-order chi connectivity index (χ0) is 8.74. The largest absolute Gasteiger partial charge is 0.394 e. The number of halogens is 1. The van der Waals surface area contributed by atoms with Crippen molar-refractivity contribution in [3.05, 3.63) is 0 Å². The number of nitrogens with one attached hydrogen (secondary N) is 1. The van der Waals surface area contributed by atoms with Gasteiger partial charge in [0.05, 0.1) is 18.8 Å². The maximum absolute atomic E-state index is 11.7. The monoisotopic (exact) mass is 165 g/mol. The van der Waals surface area contributed by atoms with Gasteiger partial charge in [-0.3, -0.25) is 0 Å². The Hall–Kier alpha value is -0.190. The average molecular weight is 165 g/mol. The van der Waals surface area contributed by atoms with Crippen LogP contribution in [-0.2, 0) is 0 Å². The van der Waals surface area contributed by atoms with Crippen molar-refractivity contribution in [2.24, 2.45) is 0 Å². The minimum atomic E-state index is -0.702. The molecule has 0 amide bonds. The molecule has 0 aliphatic carbocycles. The maximum Gasteiger partial charge on any atom is 0.102 e. The van der Waals surface area contributed by atoms with Gasteiger partial charge in [-0.1, -0.05) is 6.92 Å². The summed E-state index contributed by atoms with van der Waals surface area (Å²) in [6.45, 7) is 1.19. The molecule has 0 aromatic rings. The topological polar surface area (TPSA) is 52.5 Å². The van der Waals surface area contributed by atoms with Gasteiger partial charge in [-0.05, 0) is 6.42 Å². The Bertz CT molecular complexity index is 88.2. The predicted octanol–water partition coefficient (Wildman–Crippen LogP) is -0.321. The smallest absolute Gasteiger partial charge is 0.102 e. The van der Waals surface area contributed by atoms with E-state index in [9.17, 15) is 4.39 Å². The van der Waals surface area contributed by atoms with E-state index in [4.69, 9.17) is 10.2 Å². The van der Waals surface area contributed by atoms with E-state index in [-0.39, 0.29) is 19.8 Å². The van der Waals surface area contributed by atoms with Crippen molar-refractivity contribution in [3.63, 3.8) is 0 Å². The minimum Gasteiger partial charge on any atom is -0.394 e. The Kier molecular flexibility index (Phi) is 5.36. The summed E-state index contributed by atoms with van der Waals surface area (Å²) in [6.07, 6.45) is 0.583. The van der Waals surface area contributed by atoms with Crippen molar-refractivity contribution < 1.29 is 14.6 Å². The third kappa shape index (κ3) is 3.14. The van der Waals surface area contributed by atoms with E-state index in [2.05, 4.69) is 5.32 Å². The summed E-state index contributed by atoms with van der Waals surface area (Å²) in [6, 6.07) is 0. The molecule has 0 atom stereocenters. The highest BCUT2D eigenvalue weighted by Crippen LogP contribution is 2.07. The van der Waals surface area contributed by atoms with Crippen molar-refractivity contribution >= 4 is 0 Å². The van der Waals surface area contributed by atoms with Crippen LogP contribution in [0.2, 0.25) is 0 Å². The van der Waals surface area contributed by atoms with Gasteiger partial charge in [0.25, 0.3) is 0 Å². The molecular weight excluding hydrogens is 149 g/mol. The lowest BCUT2D eigenvalue weighted by Crippen LogP contribution is -2.51. The fourth-order valence-electron chi connectivity index (χ4n) is 0.823. The first-order valence-electron chi connectivity index (χ1n) is 3.77. The molecular formula is C7H16FNO2. The van der Waals surface area contributed by atoms with Gasteiger partial charge in [0.2, 0.25) is 0 Å². The molecule has 4 heteroatoms. The van der Waals surface area contributed by atoms with E-state index in [1.807, 2.05) is 6.92 Å². The van der Waals surface area contributed by atoms with E-state index >= 15 is 0 Å². The molecule has 0 saturated heterocycles. The molecule has 3 nitrogen and oxygen atoms in total. The predicted molar refractivity (Wildman–Crippen MR) is 41.2 cm³/mol. The Labute approximate surface area is 66.2 Å². The van der Waals surface area contributed by atoms with Crippen LogP contribution in [0.15, 0.2) is 0 Å². The minimum absolute atomic E-state index is 0.167. The van der Waals surface area contributed by atoms with Gasteiger partial charge < -0.3 is 15.5 Å². The normalized spacial score (nSPS) is 12.0. The van der Waals surface area contributed by atoms with Gasteiger partial charge >= 0.3 is 0 Å². The SMILES string of the molecule is CCC(CO)(CO)NCCF. The van der Waals surface area contributed by atoms with Crippen LogP contribution in [0.4, 0.5) is 4.39 Å². The summed E-state index contributed by atoms with van der Waals surface area (Å²) >= 11 is 0. The molecule has 0 bridgehead atoms. The van der Waals surface area contributed by atoms with Crippen LogP contribution in [0.3, 0.4) is 0 Å². The summed E-state index contributed by atoms with van der Waals surface area (Å²) in [5.41, 5.74) is -0.702. The van der Waals surface area contributed by atoms with Crippen LogP contribution in [0.1, 0.15) is 13.3 Å². The first-order chi connectivity index (χ1) is 5.24. The van der Waals surface area contributed by atoms with Crippen LogP contribution >= 0.6 is 0 Å². The Morgan fingerprint density at radius 3 is 2.18 bits per heavy atom. The first kappa shape index (κ1) is 10.8.